The van der Waals surface area contributed by atoms with Crippen molar-refractivity contribution in [3.63, 3.8) is 0 Å². The smallest absolute Gasteiger partial charge is 0.00345 e. The molecule has 0 bridgehead atoms. The molecule has 0 amide bonds. The Morgan fingerprint density at radius 1 is 0.476 bits per heavy atom. The summed E-state index contributed by atoms with van der Waals surface area (Å²) in [6, 6.07) is 0. The molecule has 0 aliphatic heterocycles. The fraction of sp³-hybridized carbons (Fsp3) is 1.00. The molecule has 21 heavy (non-hydrogen) atoms. The molecule has 0 nitrogen and oxygen atoms in total. The normalized spacial score (nSPS) is 11.1. The fourth-order valence-electron chi connectivity index (χ4n) is 2.89. The van der Waals surface area contributed by atoms with Crippen LogP contribution in [0.15, 0.2) is 0 Å². The van der Waals surface area contributed by atoms with E-state index in [4.69, 9.17) is 0 Å². The number of hydrogen-bond donors (Lipinski definition) is 1. The van der Waals surface area contributed by atoms with Crippen LogP contribution in [0.3, 0.4) is 0 Å². The fourth-order valence-corrected chi connectivity index (χ4v) is 3.61. The largest absolute Gasteiger partial charge is 0.111 e. The third kappa shape index (κ3) is 20.7. The zero-order chi connectivity index (χ0) is 15.4. The second-order valence-corrected chi connectivity index (χ2v) is 7.93. The quantitative estimate of drug-likeness (QED) is 0.150. The van der Waals surface area contributed by atoms with Crippen molar-refractivity contribution in [2.24, 2.45) is 0 Å². The molecular weight excluding hydrogens is 292 g/mol. The van der Waals surface area contributed by atoms with Crippen molar-refractivity contribution in [1.29, 1.82) is 0 Å². The monoisotopic (exact) mass is 332 g/mol. The van der Waals surface area contributed by atoms with E-state index in [0.29, 0.717) is 0 Å². The maximum atomic E-state index is 4.17. The van der Waals surface area contributed by atoms with Gasteiger partial charge in [-0.1, -0.05) is 120 Å². The molecule has 0 radical (unpaired) electrons. The van der Waals surface area contributed by atoms with Crippen molar-refractivity contribution in [1.82, 2.24) is 0 Å². The summed E-state index contributed by atoms with van der Waals surface area (Å²) in [5.74, 6) is 1.22. The lowest BCUT2D eigenvalue weighted by Crippen LogP contribution is -1.84. The van der Waals surface area contributed by atoms with E-state index in [2.05, 4.69) is 18.6 Å². The van der Waals surface area contributed by atoms with Crippen molar-refractivity contribution in [3.05, 3.63) is 0 Å². The molecule has 0 N–H and O–H groups in total. The van der Waals surface area contributed by atoms with Crippen molar-refractivity contribution < 1.29 is 0 Å². The van der Waals surface area contributed by atoms with Crippen LogP contribution in [0.25, 0.3) is 0 Å². The van der Waals surface area contributed by atoms with E-state index < -0.39 is 0 Å². The van der Waals surface area contributed by atoms with Gasteiger partial charge < -0.3 is 0 Å². The van der Waals surface area contributed by atoms with Gasteiger partial charge in [0.05, 0.1) is 0 Å². The van der Waals surface area contributed by atoms with E-state index in [1.165, 1.54) is 115 Å². The molecule has 0 fully saturated rings. The van der Waals surface area contributed by atoms with Crippen molar-refractivity contribution >= 4 is 22.5 Å². The van der Waals surface area contributed by atoms with E-state index >= 15 is 0 Å². The van der Waals surface area contributed by atoms with Crippen molar-refractivity contribution in [3.8, 4) is 0 Å². The molecule has 0 aromatic carbocycles. The Labute approximate surface area is 144 Å². The van der Waals surface area contributed by atoms with Crippen LogP contribution in [0.4, 0.5) is 0 Å². The molecule has 0 unspecified atom stereocenters. The molecule has 0 saturated carbocycles. The summed E-state index contributed by atoms with van der Waals surface area (Å²) >= 11 is 4.17. The van der Waals surface area contributed by atoms with Gasteiger partial charge in [0.2, 0.25) is 0 Å². The molecule has 0 aliphatic carbocycles. The van der Waals surface area contributed by atoms with Crippen LogP contribution < -0.4 is 0 Å². The van der Waals surface area contributed by atoms with Crippen LogP contribution >= 0.6 is 22.5 Å². The van der Waals surface area contributed by atoms with Gasteiger partial charge >= 0.3 is 0 Å². The lowest BCUT2D eigenvalue weighted by atomic mass is 10.0. The summed E-state index contributed by atoms with van der Waals surface area (Å²) in [4.78, 5) is 0. The molecule has 0 saturated heterocycles. The van der Waals surface area contributed by atoms with Gasteiger partial charge in [0.1, 0.15) is 0 Å². The first-order valence-corrected chi connectivity index (χ1v) is 11.7. The highest BCUT2D eigenvalue weighted by Crippen LogP contribution is 2.15. The zero-order valence-corrected chi connectivity index (χ0v) is 16.3. The Kier molecular flexibility index (Phi) is 21.4. The maximum absolute atomic E-state index is 4.17. The third-order valence-electron chi connectivity index (χ3n) is 4.34. The molecule has 0 aromatic rings. The van der Waals surface area contributed by atoms with E-state index in [-0.39, 0.29) is 0 Å². The Morgan fingerprint density at radius 2 is 0.762 bits per heavy atom. The van der Waals surface area contributed by atoms with Crippen molar-refractivity contribution in [2.75, 3.05) is 5.75 Å². The summed E-state index contributed by atoms with van der Waals surface area (Å²) in [6.45, 7) is 2.29. The molecule has 128 valence electrons. The summed E-state index contributed by atoms with van der Waals surface area (Å²) in [5.41, 5.74) is 0. The van der Waals surface area contributed by atoms with E-state index in [9.17, 15) is 0 Å². The first-order valence-electron chi connectivity index (χ1n) is 9.68. The standard InChI is InChI=1S/C19H40S2/c1-2-3-4-5-6-7-8-9-10-11-12-13-14-15-16-17-18-19-21-20/h20H,2-19H2,1H3. The lowest BCUT2D eigenvalue weighted by molar-refractivity contribution is 0.529. The molecule has 0 heterocycles. The second-order valence-electron chi connectivity index (χ2n) is 6.49. The molecule has 0 aliphatic rings. The molecular formula is C19H40S2. The highest BCUT2D eigenvalue weighted by Gasteiger charge is 1.94. The minimum atomic E-state index is 1.22. The number of thiol groups is 1. The minimum Gasteiger partial charge on any atom is -0.111 e. The Balaban J connectivity index is 2.90. The second kappa shape index (κ2) is 20.7. The van der Waals surface area contributed by atoms with Crippen LogP contribution in [-0.4, -0.2) is 5.75 Å². The number of unbranched alkanes of at least 4 members (excludes halogenated alkanes) is 16. The van der Waals surface area contributed by atoms with Gasteiger partial charge in [-0.05, 0) is 6.42 Å². The van der Waals surface area contributed by atoms with E-state index in [0.717, 1.165) is 0 Å². The van der Waals surface area contributed by atoms with Crippen LogP contribution in [-0.2, 0) is 0 Å². The molecule has 0 atom stereocenters. The molecule has 2 heteroatoms. The maximum Gasteiger partial charge on any atom is 0.00345 e. The SMILES string of the molecule is CCCCCCCCCCCCCCCCCCCSS. The van der Waals surface area contributed by atoms with Gasteiger partial charge in [-0.25, -0.2) is 0 Å². The Morgan fingerprint density at radius 3 is 1.05 bits per heavy atom. The topological polar surface area (TPSA) is 0 Å². The van der Waals surface area contributed by atoms with Gasteiger partial charge in [0.25, 0.3) is 0 Å². The lowest BCUT2D eigenvalue weighted by Gasteiger charge is -2.03. The van der Waals surface area contributed by atoms with Gasteiger partial charge in [-0.2, -0.15) is 0 Å². The first-order chi connectivity index (χ1) is 10.4. The van der Waals surface area contributed by atoms with Crippen molar-refractivity contribution in [2.45, 2.75) is 116 Å². The highest BCUT2D eigenvalue weighted by atomic mass is 33.1. The van der Waals surface area contributed by atoms with Gasteiger partial charge in [-0.3, -0.25) is 0 Å². The van der Waals surface area contributed by atoms with Crippen LogP contribution in [0.5, 0.6) is 0 Å². The average molecular weight is 333 g/mol. The predicted octanol–water partition coefficient (Wildman–Crippen LogP) is 8.22. The molecule has 0 spiro atoms. The van der Waals surface area contributed by atoms with Gasteiger partial charge in [-0.15, -0.1) is 11.7 Å². The average Bonchev–Trinajstić information content (AvgIpc) is 2.50. The minimum absolute atomic E-state index is 1.22. The number of hydrogen-bond acceptors (Lipinski definition) is 2. The summed E-state index contributed by atoms with van der Waals surface area (Å²) in [6.07, 6.45) is 24.7. The first kappa shape index (κ1) is 21.7. The van der Waals surface area contributed by atoms with Crippen LogP contribution in [0.1, 0.15) is 116 Å². The van der Waals surface area contributed by atoms with E-state index in [1.807, 2.05) is 0 Å². The summed E-state index contributed by atoms with van der Waals surface area (Å²) in [5, 5.41) is 0. The van der Waals surface area contributed by atoms with Gasteiger partial charge in [0.15, 0.2) is 0 Å². The predicted molar refractivity (Wildman–Crippen MR) is 106 cm³/mol. The Hall–Kier alpha value is 0.700. The highest BCUT2D eigenvalue weighted by molar-refractivity contribution is 8.68. The summed E-state index contributed by atoms with van der Waals surface area (Å²) < 4.78 is 0. The molecule has 0 rings (SSSR count). The summed E-state index contributed by atoms with van der Waals surface area (Å²) in [7, 11) is 1.68. The van der Waals surface area contributed by atoms with Crippen LogP contribution in [0.2, 0.25) is 0 Å². The Bertz CT molecular complexity index is 153. The van der Waals surface area contributed by atoms with Gasteiger partial charge in [0, 0.05) is 5.75 Å². The zero-order valence-electron chi connectivity index (χ0n) is 14.6. The molecule has 0 aromatic heterocycles. The number of rotatable bonds is 18. The van der Waals surface area contributed by atoms with Crippen LogP contribution in [0, 0.1) is 0 Å². The third-order valence-corrected chi connectivity index (χ3v) is 5.36. The van der Waals surface area contributed by atoms with E-state index in [1.54, 1.807) is 10.8 Å².